The highest BCUT2D eigenvalue weighted by Gasteiger charge is 2.31. The number of rotatable bonds is 4. The maximum absolute atomic E-state index is 15.1. The number of hydrogen-bond acceptors (Lipinski definition) is 3. The molecule has 0 bridgehead atoms. The number of hydrogen-bond donors (Lipinski definition) is 0. The average Bonchev–Trinajstić information content (AvgIpc) is 2.67. The molecule has 29 heavy (non-hydrogen) atoms. The zero-order valence-corrected chi connectivity index (χ0v) is 15.4. The maximum Gasteiger partial charge on any atom is 0.416 e. The molecule has 1 heterocycles. The van der Waals surface area contributed by atoms with Gasteiger partial charge in [0.2, 0.25) is 0 Å². The molecule has 0 spiro atoms. The van der Waals surface area contributed by atoms with Gasteiger partial charge in [0.05, 0.1) is 16.8 Å². The number of anilines is 1. The van der Waals surface area contributed by atoms with E-state index in [1.165, 1.54) is 6.20 Å². The van der Waals surface area contributed by atoms with Crippen LogP contribution >= 0.6 is 0 Å². The predicted octanol–water partition coefficient (Wildman–Crippen LogP) is 5.34. The molecule has 0 amide bonds. The second-order valence-corrected chi connectivity index (χ2v) is 6.48. The van der Waals surface area contributed by atoms with Crippen molar-refractivity contribution in [1.29, 1.82) is 0 Å². The summed E-state index contributed by atoms with van der Waals surface area (Å²) in [6.45, 7) is 0. The average molecular weight is 406 g/mol. The Labute approximate surface area is 163 Å². The monoisotopic (exact) mass is 406 g/mol. The lowest BCUT2D eigenvalue weighted by Gasteiger charge is -2.14. The molecule has 150 valence electrons. The minimum atomic E-state index is -4.58. The topological polar surface area (TPSA) is 33.2 Å². The van der Waals surface area contributed by atoms with Gasteiger partial charge in [0.1, 0.15) is 11.6 Å². The van der Waals surface area contributed by atoms with E-state index in [1.807, 2.05) is 0 Å². The first-order valence-corrected chi connectivity index (χ1v) is 8.43. The first kappa shape index (κ1) is 20.4. The Kier molecular flexibility index (Phi) is 5.37. The van der Waals surface area contributed by atoms with Gasteiger partial charge in [-0.2, -0.15) is 13.2 Å². The zero-order chi connectivity index (χ0) is 21.3. The van der Waals surface area contributed by atoms with Crippen LogP contribution in [0.5, 0.6) is 0 Å². The molecule has 0 aliphatic heterocycles. The molecule has 3 aromatic rings. The van der Waals surface area contributed by atoms with E-state index in [0.29, 0.717) is 17.8 Å². The quantitative estimate of drug-likeness (QED) is 0.433. The summed E-state index contributed by atoms with van der Waals surface area (Å²) in [6.07, 6.45) is -3.13. The van der Waals surface area contributed by atoms with Crippen LogP contribution in [0.3, 0.4) is 0 Å². The SMILES string of the molecule is CN(C)c1ccnc(-c2ccc(F)c(C(=O)c3ccc(C(F)(F)F)cc3)c2F)c1. The largest absolute Gasteiger partial charge is 0.416 e. The van der Waals surface area contributed by atoms with E-state index in [4.69, 9.17) is 0 Å². The normalized spacial score (nSPS) is 11.4. The molecular weight excluding hydrogens is 391 g/mol. The van der Waals surface area contributed by atoms with Crippen molar-refractivity contribution in [2.24, 2.45) is 0 Å². The van der Waals surface area contributed by atoms with E-state index in [2.05, 4.69) is 4.98 Å². The van der Waals surface area contributed by atoms with Crippen molar-refractivity contribution in [3.63, 3.8) is 0 Å². The van der Waals surface area contributed by atoms with Gasteiger partial charge in [0.25, 0.3) is 0 Å². The fraction of sp³-hybridized carbons (Fsp3) is 0.143. The van der Waals surface area contributed by atoms with E-state index in [-0.39, 0.29) is 16.8 Å². The lowest BCUT2D eigenvalue weighted by molar-refractivity contribution is -0.137. The zero-order valence-electron chi connectivity index (χ0n) is 15.4. The molecule has 0 radical (unpaired) electrons. The standard InChI is InChI=1S/C21H15F5N2O/c1-28(2)14-9-10-27-17(11-14)15-7-8-16(22)18(19(15)23)20(29)12-3-5-13(6-4-12)21(24,25)26/h3-11H,1-2H3. The summed E-state index contributed by atoms with van der Waals surface area (Å²) in [5.74, 6) is -3.29. The predicted molar refractivity (Wildman–Crippen MR) is 98.8 cm³/mol. The van der Waals surface area contributed by atoms with Crippen molar-refractivity contribution in [2.75, 3.05) is 19.0 Å². The van der Waals surface area contributed by atoms with Crippen molar-refractivity contribution < 1.29 is 26.7 Å². The molecule has 3 rings (SSSR count). The molecule has 0 fully saturated rings. The summed E-state index contributed by atoms with van der Waals surface area (Å²) in [4.78, 5) is 18.5. The molecule has 0 atom stereocenters. The number of alkyl halides is 3. The Morgan fingerprint density at radius 3 is 2.21 bits per heavy atom. The second kappa shape index (κ2) is 7.62. The summed E-state index contributed by atoms with van der Waals surface area (Å²) in [5, 5.41) is 0. The van der Waals surface area contributed by atoms with Crippen LogP contribution in [0.4, 0.5) is 27.6 Å². The first-order valence-electron chi connectivity index (χ1n) is 8.43. The van der Waals surface area contributed by atoms with E-state index in [0.717, 1.165) is 24.3 Å². The number of nitrogens with zero attached hydrogens (tertiary/aromatic N) is 2. The number of carbonyl (C=O) groups excluding carboxylic acids is 1. The summed E-state index contributed by atoms with van der Waals surface area (Å²) in [6, 6.07) is 8.52. The summed E-state index contributed by atoms with van der Waals surface area (Å²) in [7, 11) is 3.55. The Hall–Kier alpha value is -3.29. The number of pyridine rings is 1. The van der Waals surface area contributed by atoms with Crippen LogP contribution < -0.4 is 4.90 Å². The molecule has 0 aliphatic rings. The van der Waals surface area contributed by atoms with Gasteiger partial charge in [0.15, 0.2) is 5.78 Å². The van der Waals surface area contributed by atoms with Gasteiger partial charge in [-0.15, -0.1) is 0 Å². The van der Waals surface area contributed by atoms with E-state index in [9.17, 15) is 22.4 Å². The Morgan fingerprint density at radius 2 is 1.62 bits per heavy atom. The highest BCUT2D eigenvalue weighted by molar-refractivity contribution is 6.10. The minimum absolute atomic E-state index is 0.0923. The molecule has 3 nitrogen and oxygen atoms in total. The van der Waals surface area contributed by atoms with Crippen LogP contribution in [0.1, 0.15) is 21.5 Å². The van der Waals surface area contributed by atoms with Gasteiger partial charge in [0, 0.05) is 37.1 Å². The van der Waals surface area contributed by atoms with Gasteiger partial charge in [-0.1, -0.05) is 12.1 Å². The van der Waals surface area contributed by atoms with Gasteiger partial charge in [-0.3, -0.25) is 9.78 Å². The fourth-order valence-corrected chi connectivity index (χ4v) is 2.76. The molecular formula is C21H15F5N2O. The highest BCUT2D eigenvalue weighted by atomic mass is 19.4. The number of ketones is 1. The molecule has 0 unspecified atom stereocenters. The van der Waals surface area contributed by atoms with Crippen LogP contribution in [-0.2, 0) is 6.18 Å². The summed E-state index contributed by atoms with van der Waals surface area (Å²) in [5.41, 5.74) is -1.26. The van der Waals surface area contributed by atoms with E-state index in [1.54, 1.807) is 31.1 Å². The number of halogens is 5. The van der Waals surface area contributed by atoms with Crippen LogP contribution in [0.15, 0.2) is 54.7 Å². The summed E-state index contributed by atoms with van der Waals surface area (Å²) < 4.78 is 67.4. The van der Waals surface area contributed by atoms with Crippen molar-refractivity contribution in [3.8, 4) is 11.3 Å². The fourth-order valence-electron chi connectivity index (χ4n) is 2.76. The van der Waals surface area contributed by atoms with Gasteiger partial charge in [-0.05, 0) is 36.4 Å². The summed E-state index contributed by atoms with van der Waals surface area (Å²) >= 11 is 0. The number of aromatic nitrogens is 1. The van der Waals surface area contributed by atoms with Crippen LogP contribution in [-0.4, -0.2) is 24.9 Å². The molecule has 2 aromatic carbocycles. The smallest absolute Gasteiger partial charge is 0.378 e. The maximum atomic E-state index is 15.1. The van der Waals surface area contributed by atoms with Crippen LogP contribution in [0, 0.1) is 11.6 Å². The Bertz CT molecular complexity index is 1060. The highest BCUT2D eigenvalue weighted by Crippen LogP contribution is 2.31. The second-order valence-electron chi connectivity index (χ2n) is 6.48. The van der Waals surface area contributed by atoms with Crippen molar-refractivity contribution in [2.45, 2.75) is 6.18 Å². The Balaban J connectivity index is 2.05. The third-order valence-corrected chi connectivity index (χ3v) is 4.33. The van der Waals surface area contributed by atoms with E-state index >= 15 is 4.39 Å². The van der Waals surface area contributed by atoms with Crippen molar-refractivity contribution >= 4 is 11.5 Å². The molecule has 1 aromatic heterocycles. The first-order chi connectivity index (χ1) is 13.6. The van der Waals surface area contributed by atoms with E-state index < -0.39 is 34.7 Å². The number of benzene rings is 2. The molecule has 8 heteroatoms. The van der Waals surface area contributed by atoms with Crippen LogP contribution in [0.25, 0.3) is 11.3 Å². The van der Waals surface area contributed by atoms with Gasteiger partial charge >= 0.3 is 6.18 Å². The number of carbonyl (C=O) groups is 1. The Morgan fingerprint density at radius 1 is 0.966 bits per heavy atom. The molecule has 0 N–H and O–H groups in total. The lowest BCUT2D eigenvalue weighted by Crippen LogP contribution is -2.11. The van der Waals surface area contributed by atoms with Gasteiger partial charge < -0.3 is 4.90 Å². The molecule has 0 saturated carbocycles. The minimum Gasteiger partial charge on any atom is -0.378 e. The molecule has 0 saturated heterocycles. The lowest BCUT2D eigenvalue weighted by atomic mass is 9.97. The molecule has 0 aliphatic carbocycles. The van der Waals surface area contributed by atoms with Gasteiger partial charge in [-0.25, -0.2) is 8.78 Å². The third-order valence-electron chi connectivity index (χ3n) is 4.33. The third kappa shape index (κ3) is 4.11. The van der Waals surface area contributed by atoms with Crippen molar-refractivity contribution in [1.82, 2.24) is 4.98 Å². The van der Waals surface area contributed by atoms with Crippen LogP contribution in [0.2, 0.25) is 0 Å². The van der Waals surface area contributed by atoms with Crippen molar-refractivity contribution in [3.05, 3.63) is 83.1 Å².